The van der Waals surface area contributed by atoms with Gasteiger partial charge in [0.1, 0.15) is 17.6 Å². The Kier molecular flexibility index (Phi) is 8.50. The summed E-state index contributed by atoms with van der Waals surface area (Å²) in [6.07, 6.45) is 0.0842. The van der Waals surface area contributed by atoms with Gasteiger partial charge < -0.3 is 19.3 Å². The third kappa shape index (κ3) is 6.83. The van der Waals surface area contributed by atoms with Gasteiger partial charge in [-0.3, -0.25) is 0 Å². The van der Waals surface area contributed by atoms with E-state index < -0.39 is 0 Å². The third-order valence-corrected chi connectivity index (χ3v) is 5.89. The second-order valence-corrected chi connectivity index (χ2v) is 8.57. The molecule has 0 aliphatic heterocycles. The molecule has 0 aromatic heterocycles. The Morgan fingerprint density at radius 2 is 1.55 bits per heavy atom. The Hall–Kier alpha value is -3.31. The van der Waals surface area contributed by atoms with Gasteiger partial charge in [-0.15, -0.1) is 0 Å². The van der Waals surface area contributed by atoms with Crippen LogP contribution in [-0.2, 0) is 0 Å². The lowest BCUT2D eigenvalue weighted by molar-refractivity contribution is 0.145. The summed E-state index contributed by atoms with van der Waals surface area (Å²) in [5, 5.41) is 0. The lowest BCUT2D eigenvalue weighted by Crippen LogP contribution is -2.32. The van der Waals surface area contributed by atoms with Gasteiger partial charge in [-0.1, -0.05) is 60.7 Å². The Morgan fingerprint density at radius 1 is 0.879 bits per heavy atom. The molecule has 1 amide bonds. The van der Waals surface area contributed by atoms with Gasteiger partial charge in [0.15, 0.2) is 0 Å². The van der Waals surface area contributed by atoms with E-state index in [1.54, 1.807) is 11.9 Å². The number of carbonyl (C=O) groups is 1. The highest BCUT2D eigenvalue weighted by Crippen LogP contribution is 2.28. The number of nitrogens with zero attached hydrogens (tertiary/aromatic N) is 2. The highest BCUT2D eigenvalue weighted by atomic mass is 16.6. The fourth-order valence-electron chi connectivity index (χ4n) is 3.52. The van der Waals surface area contributed by atoms with E-state index in [-0.39, 0.29) is 18.2 Å². The summed E-state index contributed by atoms with van der Waals surface area (Å²) in [7, 11) is 5.81. The maximum absolute atomic E-state index is 12.7. The number of benzene rings is 3. The lowest BCUT2D eigenvalue weighted by Gasteiger charge is -2.24. The van der Waals surface area contributed by atoms with Gasteiger partial charge in [0.25, 0.3) is 0 Å². The van der Waals surface area contributed by atoms with Crippen LogP contribution in [0.5, 0.6) is 11.5 Å². The molecule has 2 atom stereocenters. The molecule has 0 saturated heterocycles. The quantitative estimate of drug-likeness (QED) is 0.389. The van der Waals surface area contributed by atoms with E-state index in [4.69, 9.17) is 9.47 Å². The molecule has 0 aliphatic carbocycles. The van der Waals surface area contributed by atoms with Crippen molar-refractivity contribution in [1.29, 1.82) is 0 Å². The second-order valence-electron chi connectivity index (χ2n) is 8.57. The molecule has 3 rings (SSSR count). The Bertz CT molecular complexity index is 1040. The molecule has 0 radical (unpaired) electrons. The molecular weight excluding hydrogens is 412 g/mol. The van der Waals surface area contributed by atoms with E-state index in [0.717, 1.165) is 22.4 Å². The summed E-state index contributed by atoms with van der Waals surface area (Å²) in [5.41, 5.74) is 3.26. The van der Waals surface area contributed by atoms with Crippen LogP contribution < -0.4 is 9.47 Å². The zero-order valence-electron chi connectivity index (χ0n) is 20.2. The Balaban J connectivity index is 1.65. The molecule has 174 valence electrons. The lowest BCUT2D eigenvalue weighted by atomic mass is 10.1. The number of para-hydroxylation sites is 1. The summed E-state index contributed by atoms with van der Waals surface area (Å²) in [5.74, 6) is 1.40. The fourth-order valence-corrected chi connectivity index (χ4v) is 3.52. The minimum Gasteiger partial charge on any atom is -0.485 e. The standard InChI is InChI=1S/C28H34N2O3/c1-21-12-9-10-17-26(21)33-27(23-13-7-6-8-14-23)18-19-30(5)28(31)32-25-16-11-15-24(20-25)22(2)29(3)4/h6-17,20,22,27H,18-19H2,1-5H3/t22-,27+/m0/s1. The zero-order chi connectivity index (χ0) is 23.8. The molecule has 0 unspecified atom stereocenters. The molecular formula is C28H34N2O3. The van der Waals surface area contributed by atoms with Gasteiger partial charge in [-0.2, -0.15) is 0 Å². The molecule has 0 saturated carbocycles. The molecule has 3 aromatic rings. The molecule has 0 heterocycles. The van der Waals surface area contributed by atoms with Crippen LogP contribution in [0, 0.1) is 6.92 Å². The summed E-state index contributed by atoms with van der Waals surface area (Å²) < 4.78 is 12.0. The first-order chi connectivity index (χ1) is 15.8. The number of aryl methyl sites for hydroxylation is 1. The van der Waals surface area contributed by atoms with E-state index in [2.05, 4.69) is 24.0 Å². The first kappa shape index (κ1) is 24.3. The number of hydrogen-bond acceptors (Lipinski definition) is 4. The smallest absolute Gasteiger partial charge is 0.414 e. The molecule has 0 aliphatic rings. The topological polar surface area (TPSA) is 42.0 Å². The van der Waals surface area contributed by atoms with Crippen molar-refractivity contribution in [2.75, 3.05) is 27.7 Å². The molecule has 0 spiro atoms. The molecule has 33 heavy (non-hydrogen) atoms. The summed E-state index contributed by atoms with van der Waals surface area (Å²) in [6.45, 7) is 4.65. The summed E-state index contributed by atoms with van der Waals surface area (Å²) in [6, 6.07) is 26.0. The van der Waals surface area contributed by atoms with Crippen molar-refractivity contribution in [3.05, 3.63) is 95.6 Å². The SMILES string of the molecule is Cc1ccccc1O[C@H](CCN(C)C(=O)Oc1cccc([C@H](C)N(C)C)c1)c1ccccc1. The van der Waals surface area contributed by atoms with Crippen LogP contribution in [0.3, 0.4) is 0 Å². The van der Waals surface area contributed by atoms with Crippen LogP contribution in [0.25, 0.3) is 0 Å². The van der Waals surface area contributed by atoms with Crippen molar-refractivity contribution in [2.45, 2.75) is 32.4 Å². The van der Waals surface area contributed by atoms with E-state index in [1.807, 2.05) is 87.7 Å². The average molecular weight is 447 g/mol. The Morgan fingerprint density at radius 3 is 2.24 bits per heavy atom. The minimum absolute atomic E-state index is 0.174. The van der Waals surface area contributed by atoms with E-state index >= 15 is 0 Å². The van der Waals surface area contributed by atoms with Crippen molar-refractivity contribution in [2.24, 2.45) is 0 Å². The van der Waals surface area contributed by atoms with Crippen LogP contribution >= 0.6 is 0 Å². The van der Waals surface area contributed by atoms with Crippen molar-refractivity contribution in [3.8, 4) is 11.5 Å². The van der Waals surface area contributed by atoms with Crippen molar-refractivity contribution < 1.29 is 14.3 Å². The van der Waals surface area contributed by atoms with Gasteiger partial charge in [-0.25, -0.2) is 4.79 Å². The van der Waals surface area contributed by atoms with Gasteiger partial charge in [0.05, 0.1) is 0 Å². The zero-order valence-corrected chi connectivity index (χ0v) is 20.2. The van der Waals surface area contributed by atoms with Crippen molar-refractivity contribution in [3.63, 3.8) is 0 Å². The number of carbonyl (C=O) groups excluding carboxylic acids is 1. The predicted molar refractivity (Wildman–Crippen MR) is 133 cm³/mol. The fraction of sp³-hybridized carbons (Fsp3) is 0.321. The van der Waals surface area contributed by atoms with Gasteiger partial charge in [0.2, 0.25) is 0 Å². The number of rotatable bonds is 9. The maximum Gasteiger partial charge on any atom is 0.414 e. The molecule has 5 heteroatoms. The van der Waals surface area contributed by atoms with Gasteiger partial charge in [0, 0.05) is 26.1 Å². The van der Waals surface area contributed by atoms with Crippen molar-refractivity contribution in [1.82, 2.24) is 9.80 Å². The molecule has 0 fully saturated rings. The first-order valence-corrected chi connectivity index (χ1v) is 11.3. The first-order valence-electron chi connectivity index (χ1n) is 11.3. The molecule has 0 bridgehead atoms. The Labute approximate surface area is 197 Å². The molecule has 0 N–H and O–H groups in total. The van der Waals surface area contributed by atoms with E-state index in [1.165, 1.54) is 0 Å². The van der Waals surface area contributed by atoms with Gasteiger partial charge in [-0.05, 0) is 62.8 Å². The van der Waals surface area contributed by atoms with Crippen LogP contribution in [0.1, 0.15) is 42.2 Å². The molecule has 3 aromatic carbocycles. The predicted octanol–water partition coefficient (Wildman–Crippen LogP) is 6.26. The van der Waals surface area contributed by atoms with Crippen LogP contribution in [0.2, 0.25) is 0 Å². The minimum atomic E-state index is -0.382. The number of amides is 1. The van der Waals surface area contributed by atoms with E-state index in [9.17, 15) is 4.79 Å². The largest absolute Gasteiger partial charge is 0.485 e. The highest BCUT2D eigenvalue weighted by molar-refractivity contribution is 5.70. The summed E-state index contributed by atoms with van der Waals surface area (Å²) >= 11 is 0. The van der Waals surface area contributed by atoms with E-state index in [0.29, 0.717) is 18.7 Å². The second kappa shape index (κ2) is 11.5. The van der Waals surface area contributed by atoms with Crippen LogP contribution in [0.15, 0.2) is 78.9 Å². The number of hydrogen-bond donors (Lipinski definition) is 0. The summed E-state index contributed by atoms with van der Waals surface area (Å²) in [4.78, 5) is 16.5. The van der Waals surface area contributed by atoms with Crippen LogP contribution in [-0.4, -0.2) is 43.6 Å². The average Bonchev–Trinajstić information content (AvgIpc) is 2.82. The third-order valence-electron chi connectivity index (χ3n) is 5.89. The maximum atomic E-state index is 12.7. The highest BCUT2D eigenvalue weighted by Gasteiger charge is 2.19. The van der Waals surface area contributed by atoms with Crippen LogP contribution in [0.4, 0.5) is 4.79 Å². The normalized spacial score (nSPS) is 12.8. The monoisotopic (exact) mass is 446 g/mol. The molecule has 5 nitrogen and oxygen atoms in total. The van der Waals surface area contributed by atoms with Gasteiger partial charge >= 0.3 is 6.09 Å². The number of ether oxygens (including phenoxy) is 2. The van der Waals surface area contributed by atoms with Crippen molar-refractivity contribution >= 4 is 6.09 Å².